The Morgan fingerprint density at radius 3 is 2.58 bits per heavy atom. The standard InChI is InChI=1S/C16H25N3O4S/c1-12-9-13(10-17)11-19(12)16(20)14-3-5-15(6-4-14)24(21,22)18-7-8-23-2/h3-6,12-13,18H,7-11,17H2,1-2H3. The Kier molecular flexibility index (Phi) is 6.34. The fraction of sp³-hybridized carbons (Fsp3) is 0.562. The van der Waals surface area contributed by atoms with Gasteiger partial charge in [0.05, 0.1) is 11.5 Å². The molecule has 2 atom stereocenters. The Morgan fingerprint density at radius 1 is 1.38 bits per heavy atom. The summed E-state index contributed by atoms with van der Waals surface area (Å²) in [4.78, 5) is 14.5. The average molecular weight is 355 g/mol. The van der Waals surface area contributed by atoms with Crippen molar-refractivity contribution in [3.05, 3.63) is 29.8 Å². The second kappa shape index (κ2) is 8.06. The number of carbonyl (C=O) groups is 1. The number of nitrogens with one attached hydrogen (secondary N) is 1. The summed E-state index contributed by atoms with van der Waals surface area (Å²) in [5.74, 6) is 0.239. The first-order valence-electron chi connectivity index (χ1n) is 7.98. The van der Waals surface area contributed by atoms with Crippen molar-refractivity contribution in [1.29, 1.82) is 0 Å². The number of ether oxygens (including phenoxy) is 1. The average Bonchev–Trinajstić information content (AvgIpc) is 2.95. The lowest BCUT2D eigenvalue weighted by molar-refractivity contribution is 0.0743. The SMILES string of the molecule is COCCNS(=O)(=O)c1ccc(C(=O)N2CC(CN)CC2C)cc1. The summed E-state index contributed by atoms with van der Waals surface area (Å²) in [5, 5.41) is 0. The highest BCUT2D eigenvalue weighted by molar-refractivity contribution is 7.89. The van der Waals surface area contributed by atoms with Crippen molar-refractivity contribution in [1.82, 2.24) is 9.62 Å². The van der Waals surface area contributed by atoms with Crippen LogP contribution in [0.5, 0.6) is 0 Å². The van der Waals surface area contributed by atoms with Gasteiger partial charge in [-0.3, -0.25) is 4.79 Å². The van der Waals surface area contributed by atoms with Crippen LogP contribution in [0.2, 0.25) is 0 Å². The number of sulfonamides is 1. The van der Waals surface area contributed by atoms with Crippen molar-refractivity contribution in [2.24, 2.45) is 11.7 Å². The van der Waals surface area contributed by atoms with Crippen LogP contribution in [0.15, 0.2) is 29.2 Å². The largest absolute Gasteiger partial charge is 0.383 e. The van der Waals surface area contributed by atoms with Crippen LogP contribution in [0.3, 0.4) is 0 Å². The number of hydrogen-bond donors (Lipinski definition) is 2. The first-order chi connectivity index (χ1) is 11.4. The molecule has 1 aromatic carbocycles. The van der Waals surface area contributed by atoms with Gasteiger partial charge in [-0.25, -0.2) is 13.1 Å². The third kappa shape index (κ3) is 4.32. The number of nitrogens with two attached hydrogens (primary N) is 1. The van der Waals surface area contributed by atoms with Gasteiger partial charge in [0.2, 0.25) is 10.0 Å². The molecule has 1 heterocycles. The molecule has 8 heteroatoms. The smallest absolute Gasteiger partial charge is 0.254 e. The number of carbonyl (C=O) groups excluding carboxylic acids is 1. The molecule has 7 nitrogen and oxygen atoms in total. The summed E-state index contributed by atoms with van der Waals surface area (Å²) >= 11 is 0. The molecule has 0 aliphatic carbocycles. The van der Waals surface area contributed by atoms with E-state index < -0.39 is 10.0 Å². The molecule has 0 bridgehead atoms. The zero-order valence-corrected chi connectivity index (χ0v) is 14.9. The minimum absolute atomic E-state index is 0.0882. The van der Waals surface area contributed by atoms with Crippen LogP contribution in [0.4, 0.5) is 0 Å². The second-order valence-corrected chi connectivity index (χ2v) is 7.83. The molecule has 134 valence electrons. The van der Waals surface area contributed by atoms with E-state index in [4.69, 9.17) is 10.5 Å². The molecule has 0 aromatic heterocycles. The molecule has 0 radical (unpaired) electrons. The van der Waals surface area contributed by atoms with Crippen molar-refractivity contribution in [2.75, 3.05) is 33.4 Å². The predicted octanol–water partition coefficient (Wildman–Crippen LogP) is 0.421. The van der Waals surface area contributed by atoms with Crippen molar-refractivity contribution in [2.45, 2.75) is 24.3 Å². The number of benzene rings is 1. The zero-order valence-electron chi connectivity index (χ0n) is 14.1. The van der Waals surface area contributed by atoms with Crippen LogP contribution in [0.25, 0.3) is 0 Å². The monoisotopic (exact) mass is 355 g/mol. The van der Waals surface area contributed by atoms with Gasteiger partial charge in [0.25, 0.3) is 5.91 Å². The normalized spacial score (nSPS) is 21.2. The summed E-state index contributed by atoms with van der Waals surface area (Å²) in [6, 6.07) is 6.14. The van der Waals surface area contributed by atoms with Crippen LogP contribution in [-0.2, 0) is 14.8 Å². The second-order valence-electron chi connectivity index (χ2n) is 6.06. The Hall–Kier alpha value is -1.48. The number of amides is 1. The maximum atomic E-state index is 12.6. The highest BCUT2D eigenvalue weighted by Gasteiger charge is 2.32. The van der Waals surface area contributed by atoms with Gasteiger partial charge in [0, 0.05) is 31.8 Å². The lowest BCUT2D eigenvalue weighted by atomic mass is 10.1. The van der Waals surface area contributed by atoms with Crippen molar-refractivity contribution in [3.63, 3.8) is 0 Å². The topological polar surface area (TPSA) is 102 Å². The van der Waals surface area contributed by atoms with Gasteiger partial charge in [-0.1, -0.05) is 0 Å². The third-order valence-corrected chi connectivity index (χ3v) is 5.74. The van der Waals surface area contributed by atoms with Crippen LogP contribution in [0.1, 0.15) is 23.7 Å². The molecule has 1 fully saturated rings. The Labute approximate surface area is 143 Å². The van der Waals surface area contributed by atoms with E-state index in [0.29, 0.717) is 31.2 Å². The molecule has 2 unspecified atom stereocenters. The molecule has 1 aliphatic rings. The van der Waals surface area contributed by atoms with Crippen molar-refractivity contribution in [3.8, 4) is 0 Å². The Morgan fingerprint density at radius 2 is 2.04 bits per heavy atom. The minimum Gasteiger partial charge on any atom is -0.383 e. The summed E-state index contributed by atoms with van der Waals surface area (Å²) in [6.07, 6.45) is 0.901. The van der Waals surface area contributed by atoms with Crippen LogP contribution < -0.4 is 10.5 Å². The number of nitrogens with zero attached hydrogens (tertiary/aromatic N) is 1. The molecule has 0 saturated carbocycles. The molecule has 3 N–H and O–H groups in total. The van der Waals surface area contributed by atoms with E-state index in [1.54, 1.807) is 17.0 Å². The molecular formula is C16H25N3O4S. The fourth-order valence-corrected chi connectivity index (χ4v) is 3.91. The molecule has 1 saturated heterocycles. The van der Waals surface area contributed by atoms with Crippen LogP contribution in [-0.4, -0.2) is 58.6 Å². The molecular weight excluding hydrogens is 330 g/mol. The Balaban J connectivity index is 2.07. The molecule has 1 amide bonds. The molecule has 24 heavy (non-hydrogen) atoms. The van der Waals surface area contributed by atoms with Gasteiger partial charge in [0.15, 0.2) is 0 Å². The predicted molar refractivity (Wildman–Crippen MR) is 91.2 cm³/mol. The van der Waals surface area contributed by atoms with Gasteiger partial charge in [0.1, 0.15) is 0 Å². The van der Waals surface area contributed by atoms with E-state index in [-0.39, 0.29) is 23.4 Å². The van der Waals surface area contributed by atoms with E-state index in [1.807, 2.05) is 6.92 Å². The minimum atomic E-state index is -3.59. The number of methoxy groups -OCH3 is 1. The lowest BCUT2D eigenvalue weighted by Gasteiger charge is -2.21. The Bertz CT molecular complexity index is 660. The number of likely N-dealkylation sites (tertiary alicyclic amines) is 1. The van der Waals surface area contributed by atoms with Crippen LogP contribution in [0, 0.1) is 5.92 Å². The maximum absolute atomic E-state index is 12.6. The molecule has 0 spiro atoms. The number of rotatable bonds is 7. The van der Waals surface area contributed by atoms with Crippen LogP contribution >= 0.6 is 0 Å². The van der Waals surface area contributed by atoms with E-state index in [2.05, 4.69) is 4.72 Å². The van der Waals surface area contributed by atoms with E-state index in [1.165, 1.54) is 19.2 Å². The van der Waals surface area contributed by atoms with E-state index in [9.17, 15) is 13.2 Å². The van der Waals surface area contributed by atoms with Gasteiger partial charge in [-0.2, -0.15) is 0 Å². The molecule has 2 rings (SSSR count). The first kappa shape index (κ1) is 18.9. The number of hydrogen-bond acceptors (Lipinski definition) is 5. The first-order valence-corrected chi connectivity index (χ1v) is 9.47. The van der Waals surface area contributed by atoms with Gasteiger partial charge >= 0.3 is 0 Å². The summed E-state index contributed by atoms with van der Waals surface area (Å²) < 4.78 is 31.5. The highest BCUT2D eigenvalue weighted by Crippen LogP contribution is 2.24. The summed E-state index contributed by atoms with van der Waals surface area (Å²) in [6.45, 7) is 3.72. The molecule has 1 aromatic rings. The van der Waals surface area contributed by atoms with Gasteiger partial charge in [-0.15, -0.1) is 0 Å². The summed E-state index contributed by atoms with van der Waals surface area (Å²) in [5.41, 5.74) is 6.18. The van der Waals surface area contributed by atoms with Gasteiger partial charge < -0.3 is 15.4 Å². The van der Waals surface area contributed by atoms with E-state index in [0.717, 1.165) is 6.42 Å². The lowest BCUT2D eigenvalue weighted by Crippen LogP contribution is -2.34. The molecule has 1 aliphatic heterocycles. The quantitative estimate of drug-likeness (QED) is 0.690. The third-order valence-electron chi connectivity index (χ3n) is 4.27. The maximum Gasteiger partial charge on any atom is 0.254 e. The summed E-state index contributed by atoms with van der Waals surface area (Å²) in [7, 11) is -2.09. The van der Waals surface area contributed by atoms with Crippen molar-refractivity contribution < 1.29 is 17.9 Å². The van der Waals surface area contributed by atoms with E-state index >= 15 is 0 Å². The van der Waals surface area contributed by atoms with Gasteiger partial charge in [-0.05, 0) is 50.1 Å². The highest BCUT2D eigenvalue weighted by atomic mass is 32.2. The fourth-order valence-electron chi connectivity index (χ4n) is 2.90. The zero-order chi connectivity index (χ0) is 17.7. The van der Waals surface area contributed by atoms with Crippen molar-refractivity contribution >= 4 is 15.9 Å².